The highest BCUT2D eigenvalue weighted by Crippen LogP contribution is 2.40. The first-order valence-corrected chi connectivity index (χ1v) is 16.2. The largest absolute Gasteiger partial charge is 0.494 e. The second-order valence-electron chi connectivity index (χ2n) is 11.7. The van der Waals surface area contributed by atoms with Crippen molar-refractivity contribution in [3.63, 3.8) is 0 Å². The van der Waals surface area contributed by atoms with Crippen molar-refractivity contribution in [3.05, 3.63) is 115 Å². The quantitative estimate of drug-likeness (QED) is 0.126. The first-order chi connectivity index (χ1) is 23.9. The number of rotatable bonds is 13. The van der Waals surface area contributed by atoms with Crippen molar-refractivity contribution < 1.29 is 23.5 Å². The molecule has 0 radical (unpaired) electrons. The van der Waals surface area contributed by atoms with E-state index in [0.29, 0.717) is 41.1 Å². The molecule has 1 atom stereocenters. The number of ether oxygens (including phenoxy) is 2. The molecule has 6 rings (SSSR count). The average molecular weight is 666 g/mol. The van der Waals surface area contributed by atoms with Gasteiger partial charge in [-0.1, -0.05) is 36.9 Å². The van der Waals surface area contributed by atoms with Crippen LogP contribution in [0.25, 0.3) is 0 Å². The van der Waals surface area contributed by atoms with Crippen LogP contribution >= 0.6 is 0 Å². The minimum absolute atomic E-state index is 0.123. The molecule has 1 amide bonds. The van der Waals surface area contributed by atoms with Crippen LogP contribution in [0, 0.1) is 5.82 Å². The molecule has 49 heavy (non-hydrogen) atoms. The normalized spacial score (nSPS) is 16.2. The molecule has 2 fully saturated rings. The standard InChI is InChI=1S/C37H40FN7O4/c1-4-13-43-14-16-44(17-15-43)33-22-34(47-3)31(21-30(33)42-37(46)5-2)41-35-23-36(40-25-39-35)45-32(12-18-49-45)27-9-7-11-29(20-27)48-24-26-8-6-10-28(38)19-26/h4-11,19-23,25,32H,1-2,12-18,24H2,3H3,(H,42,46)(H,39,40,41)/t32-/m1/s1. The molecule has 0 unspecified atom stereocenters. The number of carbonyl (C=O) groups excluding carboxylic acids is 1. The lowest BCUT2D eigenvalue weighted by molar-refractivity contribution is -0.111. The summed E-state index contributed by atoms with van der Waals surface area (Å²) in [7, 11) is 1.61. The number of carbonyl (C=O) groups is 1. The highest BCUT2D eigenvalue weighted by Gasteiger charge is 2.30. The zero-order chi connectivity index (χ0) is 34.2. The van der Waals surface area contributed by atoms with Crippen molar-refractivity contribution in [1.29, 1.82) is 0 Å². The maximum Gasteiger partial charge on any atom is 0.247 e. The number of amides is 1. The molecule has 2 N–H and O–H groups in total. The van der Waals surface area contributed by atoms with Crippen molar-refractivity contribution in [2.75, 3.05) is 67.0 Å². The summed E-state index contributed by atoms with van der Waals surface area (Å²) in [6.07, 6.45) is 5.37. The highest BCUT2D eigenvalue weighted by molar-refractivity contribution is 6.02. The Morgan fingerprint density at radius 2 is 1.88 bits per heavy atom. The van der Waals surface area contributed by atoms with Crippen LogP contribution in [0.2, 0.25) is 0 Å². The van der Waals surface area contributed by atoms with Gasteiger partial charge < -0.3 is 25.0 Å². The number of hydroxylamine groups is 1. The van der Waals surface area contributed by atoms with Gasteiger partial charge in [0, 0.05) is 51.3 Å². The third kappa shape index (κ3) is 8.16. The summed E-state index contributed by atoms with van der Waals surface area (Å²) in [5.41, 5.74) is 3.84. The van der Waals surface area contributed by atoms with Gasteiger partial charge in [-0.15, -0.1) is 6.58 Å². The molecular weight excluding hydrogens is 625 g/mol. The van der Waals surface area contributed by atoms with Gasteiger partial charge in [0.15, 0.2) is 5.82 Å². The molecule has 0 spiro atoms. The molecule has 2 aliphatic heterocycles. The van der Waals surface area contributed by atoms with Crippen LogP contribution in [0.4, 0.5) is 33.1 Å². The molecule has 12 heteroatoms. The number of methoxy groups -OCH3 is 1. The zero-order valence-electron chi connectivity index (χ0n) is 27.5. The molecule has 4 aromatic rings. The van der Waals surface area contributed by atoms with Gasteiger partial charge >= 0.3 is 0 Å². The monoisotopic (exact) mass is 665 g/mol. The van der Waals surface area contributed by atoms with Crippen molar-refractivity contribution in [2.24, 2.45) is 0 Å². The van der Waals surface area contributed by atoms with Crippen LogP contribution in [0.3, 0.4) is 0 Å². The predicted octanol–water partition coefficient (Wildman–Crippen LogP) is 6.26. The number of nitrogens with one attached hydrogen (secondary N) is 2. The molecule has 2 aliphatic rings. The topological polar surface area (TPSA) is 104 Å². The fourth-order valence-electron chi connectivity index (χ4n) is 6.01. The van der Waals surface area contributed by atoms with E-state index in [4.69, 9.17) is 14.3 Å². The van der Waals surface area contributed by atoms with Crippen molar-refractivity contribution >= 4 is 34.6 Å². The van der Waals surface area contributed by atoms with E-state index < -0.39 is 0 Å². The highest BCUT2D eigenvalue weighted by atomic mass is 19.1. The summed E-state index contributed by atoms with van der Waals surface area (Å²) in [5.74, 6) is 1.73. The van der Waals surface area contributed by atoms with Crippen molar-refractivity contribution in [2.45, 2.75) is 19.1 Å². The molecule has 0 bridgehead atoms. The second-order valence-corrected chi connectivity index (χ2v) is 11.7. The minimum atomic E-state index is -0.312. The van der Waals surface area contributed by atoms with Crippen molar-refractivity contribution in [1.82, 2.24) is 14.9 Å². The molecule has 2 saturated heterocycles. The lowest BCUT2D eigenvalue weighted by atomic mass is 10.0. The summed E-state index contributed by atoms with van der Waals surface area (Å²) < 4.78 is 25.4. The van der Waals surface area contributed by atoms with E-state index in [-0.39, 0.29) is 24.4 Å². The van der Waals surface area contributed by atoms with Crippen LogP contribution < -0.4 is 30.1 Å². The number of hydrogen-bond acceptors (Lipinski definition) is 10. The number of hydrogen-bond donors (Lipinski definition) is 2. The van der Waals surface area contributed by atoms with E-state index in [1.165, 1.54) is 24.5 Å². The maximum atomic E-state index is 13.6. The molecule has 3 heterocycles. The van der Waals surface area contributed by atoms with E-state index in [1.807, 2.05) is 48.5 Å². The Kier molecular flexibility index (Phi) is 10.7. The van der Waals surface area contributed by atoms with Crippen molar-refractivity contribution in [3.8, 4) is 11.5 Å². The number of piperazine rings is 1. The van der Waals surface area contributed by atoms with Gasteiger partial charge in [-0.25, -0.2) is 19.4 Å². The van der Waals surface area contributed by atoms with Gasteiger partial charge in [0.1, 0.15) is 36.1 Å². The van der Waals surface area contributed by atoms with E-state index in [0.717, 1.165) is 56.0 Å². The Balaban J connectivity index is 1.21. The number of benzene rings is 3. The smallest absolute Gasteiger partial charge is 0.247 e. The molecule has 0 saturated carbocycles. The van der Waals surface area contributed by atoms with Crippen LogP contribution in [-0.2, 0) is 16.2 Å². The fourth-order valence-corrected chi connectivity index (χ4v) is 6.01. The summed E-state index contributed by atoms with van der Waals surface area (Å²) in [6.45, 7) is 12.4. The lowest BCUT2D eigenvalue weighted by Crippen LogP contribution is -2.46. The number of aromatic nitrogens is 2. The lowest BCUT2D eigenvalue weighted by Gasteiger charge is -2.36. The van der Waals surface area contributed by atoms with Crippen LogP contribution in [0.15, 0.2) is 98.4 Å². The van der Waals surface area contributed by atoms with Gasteiger partial charge in [-0.3, -0.25) is 14.5 Å². The average Bonchev–Trinajstić information content (AvgIpc) is 3.62. The first kappa shape index (κ1) is 33.4. The predicted molar refractivity (Wildman–Crippen MR) is 189 cm³/mol. The van der Waals surface area contributed by atoms with E-state index in [9.17, 15) is 9.18 Å². The maximum absolute atomic E-state index is 13.6. The number of nitrogens with zero attached hydrogens (tertiary/aromatic N) is 5. The number of anilines is 5. The first-order valence-electron chi connectivity index (χ1n) is 16.2. The molecule has 11 nitrogen and oxygen atoms in total. The summed E-state index contributed by atoms with van der Waals surface area (Å²) in [5, 5.41) is 8.10. The Labute approximate surface area is 285 Å². The van der Waals surface area contributed by atoms with Crippen LogP contribution in [-0.4, -0.2) is 67.2 Å². The Morgan fingerprint density at radius 1 is 1.04 bits per heavy atom. The molecule has 3 aromatic carbocycles. The third-order valence-corrected chi connectivity index (χ3v) is 8.44. The van der Waals surface area contributed by atoms with Gasteiger partial charge in [-0.2, -0.15) is 0 Å². The molecule has 254 valence electrons. The molecule has 1 aromatic heterocycles. The Hall–Kier alpha value is -5.46. The van der Waals surface area contributed by atoms with Crippen LogP contribution in [0.1, 0.15) is 23.6 Å². The molecule has 0 aliphatic carbocycles. The number of halogens is 1. The Morgan fingerprint density at radius 3 is 2.65 bits per heavy atom. The SMILES string of the molecule is C=CCN1CCN(c2cc(OC)c(Nc3cc(N4OCC[C@@H]4c4cccc(OCc5cccc(F)c5)c4)ncn3)cc2NC(=O)C=C)CC1. The molecular formula is C37H40FN7O4. The van der Waals surface area contributed by atoms with Gasteiger partial charge in [0.25, 0.3) is 0 Å². The summed E-state index contributed by atoms with van der Waals surface area (Å²) >= 11 is 0. The van der Waals surface area contributed by atoms with E-state index in [1.54, 1.807) is 24.3 Å². The summed E-state index contributed by atoms with van der Waals surface area (Å²) in [6, 6.07) is 19.6. The zero-order valence-corrected chi connectivity index (χ0v) is 27.5. The Bertz CT molecular complexity index is 1800. The van der Waals surface area contributed by atoms with Gasteiger partial charge in [-0.05, 0) is 47.5 Å². The second kappa shape index (κ2) is 15.6. The van der Waals surface area contributed by atoms with Crippen LogP contribution in [0.5, 0.6) is 11.5 Å². The third-order valence-electron chi connectivity index (χ3n) is 8.44. The van der Waals surface area contributed by atoms with Gasteiger partial charge in [0.2, 0.25) is 5.91 Å². The summed E-state index contributed by atoms with van der Waals surface area (Å²) in [4.78, 5) is 32.1. The minimum Gasteiger partial charge on any atom is -0.494 e. The van der Waals surface area contributed by atoms with E-state index in [2.05, 4.69) is 43.6 Å². The van der Waals surface area contributed by atoms with E-state index >= 15 is 0 Å². The van der Waals surface area contributed by atoms with Gasteiger partial charge in [0.05, 0.1) is 36.8 Å². The fraction of sp³-hybridized carbons (Fsp3) is 0.270.